The molecule has 3 N–H and O–H groups in total. The zero-order valence-electron chi connectivity index (χ0n) is 66.5. The molecule has 20 atom stereocenters. The van der Waals surface area contributed by atoms with Crippen LogP contribution in [0, 0.1) is 30.6 Å². The summed E-state index contributed by atoms with van der Waals surface area (Å²) in [6, 6.07) is 0.580. The molecule has 0 saturated carbocycles. The largest absolute Gasteiger partial charge is 0.475 e. The fourth-order valence-electron chi connectivity index (χ4n) is 12.2. The van der Waals surface area contributed by atoms with Crippen LogP contribution >= 0.6 is 31.3 Å². The van der Waals surface area contributed by atoms with E-state index in [1.54, 1.807) is 69.2 Å². The summed E-state index contributed by atoms with van der Waals surface area (Å²) in [5.41, 5.74) is -1.92. The molecule has 678 valence electrons. The minimum absolute atomic E-state index is 0.0959. The summed E-state index contributed by atoms with van der Waals surface area (Å²) in [5, 5.41) is 4.60. The van der Waals surface area contributed by atoms with Crippen LogP contribution in [0.1, 0.15) is 106 Å². The number of ether oxygens (including phenoxy) is 8. The van der Waals surface area contributed by atoms with E-state index in [1.165, 1.54) is 18.2 Å². The maximum atomic E-state index is 15.0. The van der Waals surface area contributed by atoms with Crippen LogP contribution in [0.2, 0.25) is 0 Å². The SMILES string of the molecule is C=C1C=CN([C@@H]2O[C@@H]3COP(=O)(OCC[C@@H](C)C(=O)OCC)O[C@H]3C2(F)F)C(=O)N1.C=C1C=CN([C@@H]2O[C@@H]3COP(=O)(OCC[C@H](C)C(=O)OCC)O[C@H]3C2(F)F)C(=O)N1.CC(C)OC(=O)[C@H](C)CCOP1(=O)OC[C@H]2O[C@@H](n3ccc(=O)[nH]c3=O)C(F)(F)[C@@H]2O1.CCOC(=O)[C@@H](C)CCOP1(=O)OC[C@H]2O[C@@H](n3ccc(C)nc3=O)C(F)(F)[C@@H]2O1. The first kappa shape index (κ1) is 97.5. The average molecular weight is 1830 g/mol. The molecule has 41 nitrogen and oxygen atoms in total. The van der Waals surface area contributed by atoms with E-state index in [1.807, 2.05) is 4.98 Å². The van der Waals surface area contributed by atoms with E-state index in [9.17, 15) is 96.5 Å². The molecule has 0 spiro atoms. The number of fused-ring (bicyclic) bond motifs is 4. The molecular formula is C68H92F8N8O33P4. The van der Waals surface area contributed by atoms with Crippen LogP contribution < -0.4 is 27.6 Å². The van der Waals surface area contributed by atoms with Gasteiger partial charge in [0, 0.05) is 47.9 Å². The maximum absolute atomic E-state index is 15.0. The van der Waals surface area contributed by atoms with Gasteiger partial charge in [0.1, 0.15) is 24.4 Å². The quantitative estimate of drug-likeness (QED) is 0.0310. The van der Waals surface area contributed by atoms with Gasteiger partial charge in [0.15, 0.2) is 24.4 Å². The molecular weight excluding hydrogens is 1730 g/mol. The molecule has 121 heavy (non-hydrogen) atoms. The lowest BCUT2D eigenvalue weighted by Gasteiger charge is -2.33. The van der Waals surface area contributed by atoms with E-state index in [0.29, 0.717) is 24.6 Å². The number of allylic oxidation sites excluding steroid dienone is 2. The number of H-pyrrole nitrogens is 1. The van der Waals surface area contributed by atoms with Gasteiger partial charge in [0.25, 0.3) is 5.56 Å². The zero-order chi connectivity index (χ0) is 89.3. The van der Waals surface area contributed by atoms with Gasteiger partial charge in [-0.15, -0.1) is 0 Å². The highest BCUT2D eigenvalue weighted by atomic mass is 31.2. The molecule has 2 aromatic rings. The number of amides is 4. The molecule has 10 aliphatic rings. The van der Waals surface area contributed by atoms with Crippen molar-refractivity contribution in [2.75, 3.05) is 72.7 Å². The highest BCUT2D eigenvalue weighted by Crippen LogP contribution is 2.64. The van der Waals surface area contributed by atoms with E-state index >= 15 is 0 Å². The molecule has 8 saturated heterocycles. The Morgan fingerprint density at radius 1 is 0.488 bits per heavy atom. The van der Waals surface area contributed by atoms with Crippen LogP contribution in [0.4, 0.5) is 44.7 Å². The van der Waals surface area contributed by atoms with Gasteiger partial charge < -0.3 is 48.5 Å². The molecule has 8 fully saturated rings. The first-order valence-corrected chi connectivity index (χ1v) is 43.4. The number of rotatable bonds is 28. The lowest BCUT2D eigenvalue weighted by molar-refractivity contribution is -0.152. The number of hydrogen-bond acceptors (Lipinski definition) is 34. The average Bonchev–Trinajstić information content (AvgIpc) is 1.61. The minimum Gasteiger partial charge on any atom is -0.466 e. The van der Waals surface area contributed by atoms with Crippen LogP contribution in [0.3, 0.4) is 0 Å². The molecule has 4 amide bonds. The van der Waals surface area contributed by atoms with Crippen molar-refractivity contribution in [2.24, 2.45) is 23.7 Å². The van der Waals surface area contributed by atoms with Crippen molar-refractivity contribution < 1.29 is 174 Å². The molecule has 53 heteroatoms. The first-order chi connectivity index (χ1) is 56.6. The van der Waals surface area contributed by atoms with E-state index in [2.05, 4.69) is 28.8 Å². The number of urea groups is 2. The number of phosphoric acid groups is 4. The molecule has 12 heterocycles. The number of phosphoric ester groups is 4. The predicted octanol–water partition coefficient (Wildman–Crippen LogP) is 8.86. The van der Waals surface area contributed by atoms with Crippen molar-refractivity contribution in [1.29, 1.82) is 0 Å². The van der Waals surface area contributed by atoms with Gasteiger partial charge in [-0.1, -0.05) is 40.9 Å². The van der Waals surface area contributed by atoms with Gasteiger partial charge in [0.05, 0.1) is 102 Å². The summed E-state index contributed by atoms with van der Waals surface area (Å²) >= 11 is 0. The Bertz CT molecular complexity index is 4440. The Morgan fingerprint density at radius 3 is 1.10 bits per heavy atom. The third kappa shape index (κ3) is 23.6. The lowest BCUT2D eigenvalue weighted by Crippen LogP contribution is -2.53. The third-order valence-corrected chi connectivity index (χ3v) is 24.5. The molecule has 0 radical (unpaired) electrons. The molecule has 0 bridgehead atoms. The van der Waals surface area contributed by atoms with E-state index in [0.717, 1.165) is 30.9 Å². The van der Waals surface area contributed by atoms with Crippen LogP contribution in [0.25, 0.3) is 0 Å². The summed E-state index contributed by atoms with van der Waals surface area (Å²) < 4.78 is 272. The predicted molar refractivity (Wildman–Crippen MR) is 391 cm³/mol. The highest BCUT2D eigenvalue weighted by molar-refractivity contribution is 7.49. The fourth-order valence-corrected chi connectivity index (χ4v) is 17.8. The smallest absolute Gasteiger partial charge is 0.466 e. The number of hydrogen-bond donors (Lipinski definition) is 3. The van der Waals surface area contributed by atoms with Crippen LogP contribution in [0.15, 0.2) is 88.0 Å². The number of carbonyl (C=O) groups is 6. The maximum Gasteiger partial charge on any atom is 0.475 e. The summed E-state index contributed by atoms with van der Waals surface area (Å²) in [4.78, 5) is 113. The van der Waals surface area contributed by atoms with Gasteiger partial charge in [-0.25, -0.2) is 37.4 Å². The van der Waals surface area contributed by atoms with Crippen LogP contribution in [0.5, 0.6) is 0 Å². The van der Waals surface area contributed by atoms with Gasteiger partial charge in [-0.05, 0) is 85.4 Å². The molecule has 0 aromatic carbocycles. The zero-order valence-corrected chi connectivity index (χ0v) is 70.1. The number of halogens is 8. The van der Waals surface area contributed by atoms with E-state index < -0.39 is 232 Å². The monoisotopic (exact) mass is 1820 g/mol. The summed E-state index contributed by atoms with van der Waals surface area (Å²) in [6.07, 6.45) is -14.0. The van der Waals surface area contributed by atoms with Crippen molar-refractivity contribution in [3.8, 4) is 0 Å². The van der Waals surface area contributed by atoms with Gasteiger partial charge in [0.2, 0.25) is 24.9 Å². The second-order valence-corrected chi connectivity index (χ2v) is 34.8. The van der Waals surface area contributed by atoms with Gasteiger partial charge >= 0.3 is 102 Å². The minimum atomic E-state index is -4.37. The Hall–Kier alpha value is -7.34. The summed E-state index contributed by atoms with van der Waals surface area (Å²) in [7, 11) is -17.3. The molecule has 10 aliphatic heterocycles. The summed E-state index contributed by atoms with van der Waals surface area (Å²) in [6.45, 7) is 21.0. The van der Waals surface area contributed by atoms with Crippen molar-refractivity contribution >= 4 is 67.2 Å². The molecule has 4 unspecified atom stereocenters. The lowest BCUT2D eigenvalue weighted by atomic mass is 10.1. The number of alkyl halides is 8. The summed E-state index contributed by atoms with van der Waals surface area (Å²) in [5.74, 6) is -19.0. The Morgan fingerprint density at radius 2 is 0.793 bits per heavy atom. The first-order valence-electron chi connectivity index (χ1n) is 37.6. The van der Waals surface area contributed by atoms with Crippen molar-refractivity contribution in [1.82, 2.24) is 39.5 Å². The molecule has 12 rings (SSSR count). The topological polar surface area (TPSA) is 476 Å². The van der Waals surface area contributed by atoms with Crippen molar-refractivity contribution in [3.05, 3.63) is 111 Å². The second kappa shape index (κ2) is 40.3. The normalized spacial score (nSPS) is 32.3. The fraction of sp³-hybridized carbons (Fsp3) is 0.676. The van der Waals surface area contributed by atoms with Crippen molar-refractivity contribution in [3.63, 3.8) is 0 Å². The number of nitrogens with one attached hydrogen (secondary N) is 3. The number of carbonyl (C=O) groups excluding carboxylic acids is 6. The van der Waals surface area contributed by atoms with Crippen LogP contribution in [-0.4, -0.2) is 229 Å². The number of aromatic amines is 1. The van der Waals surface area contributed by atoms with Gasteiger partial charge in [-0.2, -0.15) is 40.1 Å². The third-order valence-electron chi connectivity index (χ3n) is 18.7. The Kier molecular flexibility index (Phi) is 32.5. The number of nitrogens with zero attached hydrogens (tertiary/aromatic N) is 5. The Labute approximate surface area is 684 Å². The van der Waals surface area contributed by atoms with Crippen molar-refractivity contribution in [2.45, 2.75) is 198 Å². The Balaban J connectivity index is 0.000000183. The molecule has 0 aliphatic carbocycles. The number of aromatic nitrogens is 4. The van der Waals surface area contributed by atoms with Crippen LogP contribution in [-0.2, 0) is 130 Å². The highest BCUT2D eigenvalue weighted by Gasteiger charge is 2.70. The van der Waals surface area contributed by atoms with E-state index in [4.69, 9.17) is 92.2 Å². The van der Waals surface area contributed by atoms with E-state index in [-0.39, 0.29) is 89.4 Å². The number of aryl methyl sites for hydroxylation is 1. The van der Waals surface area contributed by atoms with Gasteiger partial charge in [-0.3, -0.25) is 102 Å². The number of esters is 4. The second-order valence-electron chi connectivity index (χ2n) is 28.3. The standard InChI is InChI=1S/C17H23F2N2O9P.3C17H23F2N2O8P/c1-9(2)28-14(23)10(3)5-7-26-31(25)27-8-11-13(30-31)17(18,19)15(29-11)21-6-4-12(22)20-16(21)24;3*1-4-25-14(22)10(2)6-8-26-30(24)27-9-12-13(29-30)17(18,19)15(28-12)21-7-5-11(3)20-16(21)23/h4,6,9-11,13,15H,5,7-8H2,1-3H3,(H,20,22,24);5,7,10,12-13,15H,4,6,8-9H2,1-3H3;2*5,7,10,12-13,15H,3-4,6,8-9H2,1-2H3,(H,20,23)/t10-,11-,13-,15-,31?;2*10-,12+,13+,15+,30?;10-,12-,13-,15-,30?/m1001/s1. The molecule has 2 aromatic heterocycles.